The Labute approximate surface area is 104 Å². The first kappa shape index (κ1) is 13.9. The number of nitrogens with zero attached hydrogens (tertiary/aromatic N) is 1. The molecule has 1 aromatic heterocycles. The second-order valence-corrected chi connectivity index (χ2v) is 4.24. The molecule has 0 fully saturated rings. The van der Waals surface area contributed by atoms with E-state index in [0.717, 1.165) is 30.5 Å². The largest absolute Gasteiger partial charge is 0.398 e. The average Bonchev–Trinajstić information content (AvgIpc) is 2.35. The lowest BCUT2D eigenvalue weighted by Crippen LogP contribution is -2.40. The zero-order valence-corrected chi connectivity index (χ0v) is 10.9. The van der Waals surface area contributed by atoms with Crippen molar-refractivity contribution in [1.82, 2.24) is 10.3 Å². The van der Waals surface area contributed by atoms with Gasteiger partial charge in [-0.1, -0.05) is 13.3 Å². The molecule has 1 aromatic rings. The summed E-state index contributed by atoms with van der Waals surface area (Å²) < 4.78 is 5.53. The lowest BCUT2D eigenvalue weighted by molar-refractivity contribution is 0.0633. The summed E-state index contributed by atoms with van der Waals surface area (Å²) in [5, 5.41) is 3.31. The Balaban J connectivity index is 2.72. The number of nitrogens with two attached hydrogens (primary N) is 1. The molecule has 0 bridgehead atoms. The third-order valence-electron chi connectivity index (χ3n) is 3.08. The van der Waals surface area contributed by atoms with Gasteiger partial charge >= 0.3 is 0 Å². The summed E-state index contributed by atoms with van der Waals surface area (Å²) in [5.74, 6) is 0. The minimum atomic E-state index is 0.213. The highest BCUT2D eigenvalue weighted by Crippen LogP contribution is 2.16. The molecule has 0 spiro atoms. The van der Waals surface area contributed by atoms with E-state index in [-0.39, 0.29) is 12.1 Å². The summed E-state index contributed by atoms with van der Waals surface area (Å²) in [4.78, 5) is 4.12. The molecule has 0 aliphatic heterocycles. The Morgan fingerprint density at radius 3 is 2.82 bits per heavy atom. The summed E-state index contributed by atoms with van der Waals surface area (Å²) in [7, 11) is 3.72. The molecule has 0 saturated heterocycles. The zero-order valence-electron chi connectivity index (χ0n) is 10.9. The van der Waals surface area contributed by atoms with Gasteiger partial charge in [-0.05, 0) is 31.5 Å². The predicted octanol–water partition coefficient (Wildman–Crippen LogP) is 1.61. The Morgan fingerprint density at radius 1 is 1.53 bits per heavy atom. The lowest BCUT2D eigenvalue weighted by atomic mass is 9.98. The van der Waals surface area contributed by atoms with Gasteiger partial charge in [0.2, 0.25) is 0 Å². The topological polar surface area (TPSA) is 60.2 Å². The molecule has 0 aliphatic carbocycles. The first-order chi connectivity index (χ1) is 8.22. The monoisotopic (exact) mass is 237 g/mol. The molecular weight excluding hydrogens is 214 g/mol. The van der Waals surface area contributed by atoms with Crippen LogP contribution in [0.4, 0.5) is 5.69 Å². The number of methoxy groups -OCH3 is 1. The maximum Gasteiger partial charge on any atom is 0.0727 e. The SMILES string of the molecule is CCCC(OC)C(Cc1cnccc1N)NC. The van der Waals surface area contributed by atoms with Crippen LogP contribution in [0.3, 0.4) is 0 Å². The highest BCUT2D eigenvalue weighted by atomic mass is 16.5. The van der Waals surface area contributed by atoms with E-state index in [9.17, 15) is 0 Å². The Bertz CT molecular complexity index is 330. The maximum absolute atomic E-state index is 5.93. The number of rotatable bonds is 7. The van der Waals surface area contributed by atoms with Gasteiger partial charge in [0.25, 0.3) is 0 Å². The van der Waals surface area contributed by atoms with Crippen molar-refractivity contribution in [2.75, 3.05) is 19.9 Å². The number of nitrogens with one attached hydrogen (secondary N) is 1. The molecule has 0 aromatic carbocycles. The minimum Gasteiger partial charge on any atom is -0.398 e. The van der Waals surface area contributed by atoms with Crippen molar-refractivity contribution in [1.29, 1.82) is 0 Å². The van der Waals surface area contributed by atoms with E-state index in [2.05, 4.69) is 17.2 Å². The molecule has 2 unspecified atom stereocenters. The van der Waals surface area contributed by atoms with Gasteiger partial charge in [0, 0.05) is 31.2 Å². The van der Waals surface area contributed by atoms with Gasteiger partial charge in [0.05, 0.1) is 6.10 Å². The fourth-order valence-electron chi connectivity index (χ4n) is 2.03. The number of likely N-dealkylation sites (N-methyl/N-ethyl adjacent to an activating group) is 1. The van der Waals surface area contributed by atoms with E-state index in [1.54, 1.807) is 13.3 Å². The lowest BCUT2D eigenvalue weighted by Gasteiger charge is -2.25. The summed E-state index contributed by atoms with van der Waals surface area (Å²) >= 11 is 0. The predicted molar refractivity (Wildman–Crippen MR) is 70.9 cm³/mol. The molecule has 1 rings (SSSR count). The molecule has 2 atom stereocenters. The van der Waals surface area contributed by atoms with Gasteiger partial charge in [0.15, 0.2) is 0 Å². The van der Waals surface area contributed by atoms with Gasteiger partial charge in [-0.15, -0.1) is 0 Å². The molecule has 0 aliphatic rings. The quantitative estimate of drug-likeness (QED) is 0.756. The van der Waals surface area contributed by atoms with E-state index < -0.39 is 0 Å². The number of aromatic nitrogens is 1. The maximum atomic E-state index is 5.93. The Kier molecular flexibility index (Phi) is 5.94. The smallest absolute Gasteiger partial charge is 0.0727 e. The number of hydrogen-bond acceptors (Lipinski definition) is 4. The van der Waals surface area contributed by atoms with Gasteiger partial charge in [-0.25, -0.2) is 0 Å². The first-order valence-electron chi connectivity index (χ1n) is 6.11. The number of pyridine rings is 1. The molecule has 0 amide bonds. The van der Waals surface area contributed by atoms with Crippen LogP contribution in [0, 0.1) is 0 Å². The van der Waals surface area contributed by atoms with Crippen LogP contribution in [0.2, 0.25) is 0 Å². The highest BCUT2D eigenvalue weighted by molar-refractivity contribution is 5.44. The summed E-state index contributed by atoms with van der Waals surface area (Å²) in [6, 6.07) is 2.11. The van der Waals surface area contributed by atoms with Gasteiger partial charge < -0.3 is 15.8 Å². The molecular formula is C13H23N3O. The molecule has 17 heavy (non-hydrogen) atoms. The standard InChI is InChI=1S/C13H23N3O/c1-4-5-13(17-3)12(15-2)8-10-9-16-7-6-11(10)14/h6-7,9,12-13,15H,4-5,8H2,1-3H3,(H2,14,16). The van der Waals surface area contributed by atoms with Crippen LogP contribution >= 0.6 is 0 Å². The van der Waals surface area contributed by atoms with Crippen molar-refractivity contribution in [3.8, 4) is 0 Å². The molecule has 96 valence electrons. The Hall–Kier alpha value is -1.13. The number of nitrogen functional groups attached to an aromatic ring is 1. The second-order valence-electron chi connectivity index (χ2n) is 4.24. The average molecular weight is 237 g/mol. The normalized spacial score (nSPS) is 14.5. The number of ether oxygens (including phenoxy) is 1. The molecule has 4 nitrogen and oxygen atoms in total. The summed E-state index contributed by atoms with van der Waals surface area (Å²) in [6.07, 6.45) is 6.76. The fourth-order valence-corrected chi connectivity index (χ4v) is 2.03. The van der Waals surface area contributed by atoms with Crippen LogP contribution in [0.5, 0.6) is 0 Å². The molecule has 1 heterocycles. The van der Waals surface area contributed by atoms with E-state index in [1.807, 2.05) is 19.3 Å². The molecule has 0 radical (unpaired) electrons. The number of hydrogen-bond donors (Lipinski definition) is 2. The minimum absolute atomic E-state index is 0.213. The van der Waals surface area contributed by atoms with Crippen LogP contribution < -0.4 is 11.1 Å². The fraction of sp³-hybridized carbons (Fsp3) is 0.615. The number of anilines is 1. The van der Waals surface area contributed by atoms with Gasteiger partial charge in [-0.2, -0.15) is 0 Å². The van der Waals surface area contributed by atoms with Crippen molar-refractivity contribution in [2.24, 2.45) is 0 Å². The zero-order chi connectivity index (χ0) is 12.7. The van der Waals surface area contributed by atoms with Crippen molar-refractivity contribution in [2.45, 2.75) is 38.3 Å². The highest BCUT2D eigenvalue weighted by Gasteiger charge is 2.20. The molecule has 0 saturated carbocycles. The van der Waals surface area contributed by atoms with Crippen LogP contribution in [-0.2, 0) is 11.2 Å². The van der Waals surface area contributed by atoms with E-state index in [0.29, 0.717) is 0 Å². The third kappa shape index (κ3) is 3.98. The van der Waals surface area contributed by atoms with Crippen molar-refractivity contribution in [3.63, 3.8) is 0 Å². The summed E-state index contributed by atoms with van der Waals surface area (Å²) in [5.41, 5.74) is 7.80. The van der Waals surface area contributed by atoms with Gasteiger partial charge in [0.1, 0.15) is 0 Å². The Morgan fingerprint density at radius 2 is 2.29 bits per heavy atom. The van der Waals surface area contributed by atoms with Crippen LogP contribution in [0.25, 0.3) is 0 Å². The van der Waals surface area contributed by atoms with Crippen molar-refractivity contribution < 1.29 is 4.74 Å². The van der Waals surface area contributed by atoms with Crippen LogP contribution in [-0.4, -0.2) is 31.3 Å². The summed E-state index contributed by atoms with van der Waals surface area (Å²) in [6.45, 7) is 2.16. The van der Waals surface area contributed by atoms with Gasteiger partial charge in [-0.3, -0.25) is 4.98 Å². The van der Waals surface area contributed by atoms with Crippen LogP contribution in [0.15, 0.2) is 18.5 Å². The van der Waals surface area contributed by atoms with Crippen molar-refractivity contribution in [3.05, 3.63) is 24.0 Å². The molecule has 3 N–H and O–H groups in total. The van der Waals surface area contributed by atoms with E-state index in [1.165, 1.54) is 0 Å². The van der Waals surface area contributed by atoms with Crippen LogP contribution in [0.1, 0.15) is 25.3 Å². The van der Waals surface area contributed by atoms with Crippen molar-refractivity contribution >= 4 is 5.69 Å². The molecule has 4 heteroatoms. The third-order valence-corrected chi connectivity index (χ3v) is 3.08. The van der Waals surface area contributed by atoms with E-state index >= 15 is 0 Å². The van der Waals surface area contributed by atoms with E-state index in [4.69, 9.17) is 10.5 Å². The first-order valence-corrected chi connectivity index (χ1v) is 6.11. The second kappa shape index (κ2) is 7.25.